The minimum atomic E-state index is -0.732. The number of piperidine rings is 1. The summed E-state index contributed by atoms with van der Waals surface area (Å²) in [5.74, 6) is 0.151. The Bertz CT molecular complexity index is 1650. The summed E-state index contributed by atoms with van der Waals surface area (Å²) in [6.45, 7) is 2.67. The molecule has 2 atom stereocenters. The smallest absolute Gasteiger partial charge is 0.318 e. The van der Waals surface area contributed by atoms with Gasteiger partial charge in [0.05, 0.1) is 0 Å². The topological polar surface area (TPSA) is 71.7 Å². The van der Waals surface area contributed by atoms with Crippen molar-refractivity contribution >= 4 is 46.2 Å². The first-order valence-electron chi connectivity index (χ1n) is 15.4. The molecule has 0 radical (unpaired) electrons. The van der Waals surface area contributed by atoms with Crippen molar-refractivity contribution in [2.24, 2.45) is 5.92 Å². The predicted molar refractivity (Wildman–Crippen MR) is 179 cm³/mol. The second-order valence-electron chi connectivity index (χ2n) is 12.3. The Morgan fingerprint density at radius 2 is 1.80 bits per heavy atom. The number of rotatable bonds is 7. The molecule has 3 heterocycles. The number of hydrogen-bond donors (Lipinski definition) is 2. The number of para-hydroxylation sites is 1. The summed E-state index contributed by atoms with van der Waals surface area (Å²) in [6, 6.07) is 23.2. The molecule has 2 aliphatic heterocycles. The number of aromatic amines is 1. The number of nitrogens with one attached hydrogen (secondary N) is 2. The van der Waals surface area contributed by atoms with Crippen LogP contribution in [0.15, 0.2) is 84.6 Å². The molecule has 1 saturated heterocycles. The van der Waals surface area contributed by atoms with E-state index in [4.69, 9.17) is 11.6 Å². The summed E-state index contributed by atoms with van der Waals surface area (Å²) in [6.07, 6.45) is 7.05. The third-order valence-corrected chi connectivity index (χ3v) is 8.96. The maximum absolute atomic E-state index is 14.5. The minimum Gasteiger partial charge on any atom is -0.361 e. The van der Waals surface area contributed by atoms with Crippen molar-refractivity contribution in [1.82, 2.24) is 20.1 Å². The first-order chi connectivity index (χ1) is 21.3. The van der Waals surface area contributed by atoms with E-state index in [1.807, 2.05) is 70.6 Å². The van der Waals surface area contributed by atoms with Crippen molar-refractivity contribution in [2.75, 3.05) is 45.2 Å². The number of carbonyl (C=O) groups is 2. The van der Waals surface area contributed by atoms with Crippen LogP contribution in [0, 0.1) is 5.92 Å². The molecule has 7 nitrogen and oxygen atoms in total. The van der Waals surface area contributed by atoms with Gasteiger partial charge in [0.2, 0.25) is 5.91 Å². The Morgan fingerprint density at radius 3 is 2.57 bits per heavy atom. The van der Waals surface area contributed by atoms with Crippen LogP contribution < -0.4 is 10.2 Å². The standard InChI is InChI=1S/C36H40ClN5O2/c1-40(2)23-27-19-28-20-30(37)12-13-34(28)42(24-27)35(43)33(21-29-22-38-32-11-7-6-10-31(29)32)39-36(44)41-16-14-26(15-17-41)18-25-8-4-3-5-9-25/h3-13,18,20,22,27,33,38H,14-17,19,21,23-24H2,1-2H3,(H,39,44)/t27-,33-/m1/s1. The van der Waals surface area contributed by atoms with E-state index < -0.39 is 6.04 Å². The van der Waals surface area contributed by atoms with Crippen molar-refractivity contribution in [2.45, 2.75) is 31.7 Å². The molecule has 0 bridgehead atoms. The number of hydrogen-bond acceptors (Lipinski definition) is 3. The Labute approximate surface area is 264 Å². The molecular formula is C36H40ClN5O2. The molecule has 44 heavy (non-hydrogen) atoms. The molecule has 8 heteroatoms. The second-order valence-corrected chi connectivity index (χ2v) is 12.8. The van der Waals surface area contributed by atoms with E-state index in [1.165, 1.54) is 11.1 Å². The quantitative estimate of drug-likeness (QED) is 0.255. The number of halogens is 1. The molecule has 0 aliphatic carbocycles. The molecule has 2 aliphatic rings. The average molecular weight is 610 g/mol. The van der Waals surface area contributed by atoms with E-state index >= 15 is 0 Å². The fourth-order valence-electron chi connectivity index (χ4n) is 6.64. The molecule has 0 saturated carbocycles. The number of H-pyrrole nitrogens is 1. The first-order valence-corrected chi connectivity index (χ1v) is 15.8. The monoisotopic (exact) mass is 609 g/mol. The van der Waals surface area contributed by atoms with E-state index in [-0.39, 0.29) is 17.9 Å². The zero-order valence-electron chi connectivity index (χ0n) is 25.4. The molecule has 228 valence electrons. The first kappa shape index (κ1) is 30.0. The van der Waals surface area contributed by atoms with E-state index in [2.05, 4.69) is 53.6 Å². The fourth-order valence-corrected chi connectivity index (χ4v) is 6.83. The van der Waals surface area contributed by atoms with Crippen LogP contribution in [0.1, 0.15) is 29.5 Å². The van der Waals surface area contributed by atoms with Gasteiger partial charge in [0.1, 0.15) is 6.04 Å². The van der Waals surface area contributed by atoms with Gasteiger partial charge in [-0.3, -0.25) is 4.79 Å². The summed E-state index contributed by atoms with van der Waals surface area (Å²) < 4.78 is 0. The molecule has 1 fully saturated rings. The zero-order chi connectivity index (χ0) is 30.6. The van der Waals surface area contributed by atoms with Gasteiger partial charge in [0.25, 0.3) is 0 Å². The summed E-state index contributed by atoms with van der Waals surface area (Å²) in [5.41, 5.74) is 6.47. The van der Waals surface area contributed by atoms with Crippen LogP contribution >= 0.6 is 11.6 Å². The second kappa shape index (κ2) is 13.3. The van der Waals surface area contributed by atoms with Gasteiger partial charge in [-0.1, -0.05) is 71.8 Å². The molecular weight excluding hydrogens is 570 g/mol. The Kier molecular flexibility index (Phi) is 9.05. The van der Waals surface area contributed by atoms with Crippen LogP contribution in [-0.4, -0.2) is 73.0 Å². The Morgan fingerprint density at radius 1 is 1.05 bits per heavy atom. The highest BCUT2D eigenvalue weighted by atomic mass is 35.5. The van der Waals surface area contributed by atoms with E-state index in [9.17, 15) is 9.59 Å². The number of aromatic nitrogens is 1. The summed E-state index contributed by atoms with van der Waals surface area (Å²) in [7, 11) is 4.11. The minimum absolute atomic E-state index is 0.0997. The van der Waals surface area contributed by atoms with E-state index in [0.717, 1.165) is 53.5 Å². The molecule has 0 unspecified atom stereocenters. The number of benzene rings is 3. The number of likely N-dealkylation sites (tertiary alicyclic amines) is 1. The van der Waals surface area contributed by atoms with Gasteiger partial charge in [0.15, 0.2) is 0 Å². The zero-order valence-corrected chi connectivity index (χ0v) is 26.2. The van der Waals surface area contributed by atoms with Gasteiger partial charge >= 0.3 is 6.03 Å². The third kappa shape index (κ3) is 6.85. The lowest BCUT2D eigenvalue weighted by atomic mass is 9.91. The number of amides is 3. The SMILES string of the molecule is CN(C)C[C@H]1Cc2cc(Cl)ccc2N(C(=O)[C@@H](Cc2c[nH]c3ccccc23)NC(=O)N2CCC(=Cc3ccccc3)CC2)C1. The highest BCUT2D eigenvalue weighted by molar-refractivity contribution is 6.30. The fraction of sp³-hybridized carbons (Fsp3) is 0.333. The normalized spacial score (nSPS) is 17.5. The van der Waals surface area contributed by atoms with Gasteiger partial charge in [-0.25, -0.2) is 4.79 Å². The Hall–Kier alpha value is -4.07. The molecule has 4 aromatic rings. The van der Waals surface area contributed by atoms with Crippen molar-refractivity contribution in [3.05, 3.63) is 106 Å². The van der Waals surface area contributed by atoms with Crippen LogP contribution in [0.4, 0.5) is 10.5 Å². The molecule has 2 N–H and O–H groups in total. The van der Waals surface area contributed by atoms with E-state index in [1.54, 1.807) is 0 Å². The maximum atomic E-state index is 14.5. The molecule has 3 aromatic carbocycles. The predicted octanol–water partition coefficient (Wildman–Crippen LogP) is 6.39. The van der Waals surface area contributed by atoms with Crippen molar-refractivity contribution in [3.63, 3.8) is 0 Å². The lowest BCUT2D eigenvalue weighted by Crippen LogP contribution is -2.56. The summed E-state index contributed by atoms with van der Waals surface area (Å²) in [4.78, 5) is 37.5. The number of anilines is 1. The van der Waals surface area contributed by atoms with E-state index in [0.29, 0.717) is 31.1 Å². The van der Waals surface area contributed by atoms with Gasteiger partial charge < -0.3 is 25.0 Å². The molecule has 6 rings (SSSR count). The van der Waals surface area contributed by atoms with Gasteiger partial charge in [-0.15, -0.1) is 0 Å². The lowest BCUT2D eigenvalue weighted by molar-refractivity contribution is -0.120. The van der Waals surface area contributed by atoms with Crippen molar-refractivity contribution in [1.29, 1.82) is 0 Å². The van der Waals surface area contributed by atoms with Crippen LogP contribution in [0.2, 0.25) is 5.02 Å². The van der Waals surface area contributed by atoms with Crippen LogP contribution in [0.3, 0.4) is 0 Å². The largest absolute Gasteiger partial charge is 0.361 e. The summed E-state index contributed by atoms with van der Waals surface area (Å²) >= 11 is 6.40. The van der Waals surface area contributed by atoms with Crippen molar-refractivity contribution in [3.8, 4) is 0 Å². The molecule has 0 spiro atoms. The molecule has 3 amide bonds. The number of nitrogens with zero attached hydrogens (tertiary/aromatic N) is 3. The maximum Gasteiger partial charge on any atom is 0.318 e. The van der Waals surface area contributed by atoms with Crippen LogP contribution in [0.25, 0.3) is 17.0 Å². The Balaban J connectivity index is 1.25. The highest BCUT2D eigenvalue weighted by Gasteiger charge is 2.35. The summed E-state index contributed by atoms with van der Waals surface area (Å²) in [5, 5.41) is 4.90. The van der Waals surface area contributed by atoms with Gasteiger partial charge in [-0.2, -0.15) is 0 Å². The highest BCUT2D eigenvalue weighted by Crippen LogP contribution is 2.33. The van der Waals surface area contributed by atoms with Crippen molar-refractivity contribution < 1.29 is 9.59 Å². The average Bonchev–Trinajstić information content (AvgIpc) is 3.43. The number of carbonyl (C=O) groups excluding carboxylic acids is 2. The van der Waals surface area contributed by atoms with Crippen LogP contribution in [-0.2, 0) is 17.6 Å². The van der Waals surface area contributed by atoms with Crippen LogP contribution in [0.5, 0.6) is 0 Å². The number of fused-ring (bicyclic) bond motifs is 2. The van der Waals surface area contributed by atoms with Gasteiger partial charge in [0, 0.05) is 60.4 Å². The lowest BCUT2D eigenvalue weighted by Gasteiger charge is -2.38. The van der Waals surface area contributed by atoms with Gasteiger partial charge in [-0.05, 0) is 80.2 Å². The third-order valence-electron chi connectivity index (χ3n) is 8.73. The molecule has 1 aromatic heterocycles. The number of urea groups is 1.